The van der Waals surface area contributed by atoms with Crippen LogP contribution in [0.25, 0.3) is 0 Å². The van der Waals surface area contributed by atoms with Crippen LogP contribution < -0.4 is 5.32 Å². The Kier molecular flexibility index (Phi) is 5.38. The number of hydrogen-bond donors (Lipinski definition) is 1. The molecule has 0 amide bonds. The van der Waals surface area contributed by atoms with Gasteiger partial charge in [-0.2, -0.15) is 0 Å². The third kappa shape index (κ3) is 3.50. The Hall–Kier alpha value is -0.680. The van der Waals surface area contributed by atoms with E-state index in [1.54, 1.807) is 6.07 Å². The van der Waals surface area contributed by atoms with Gasteiger partial charge >= 0.3 is 0 Å². The van der Waals surface area contributed by atoms with Crippen molar-refractivity contribution in [3.63, 3.8) is 0 Å². The molecule has 0 radical (unpaired) electrons. The van der Waals surface area contributed by atoms with E-state index in [1.807, 2.05) is 6.92 Å². The lowest BCUT2D eigenvalue weighted by Gasteiger charge is -2.19. The first kappa shape index (κ1) is 15.7. The molecule has 20 heavy (non-hydrogen) atoms. The maximum atomic E-state index is 14.0. The highest BCUT2D eigenvalue weighted by Crippen LogP contribution is 2.38. The van der Waals surface area contributed by atoms with Crippen LogP contribution in [0, 0.1) is 11.6 Å². The maximum Gasteiger partial charge on any atom is 0.131 e. The molecule has 1 unspecified atom stereocenters. The van der Waals surface area contributed by atoms with E-state index in [1.165, 1.54) is 23.5 Å². The zero-order valence-corrected chi connectivity index (χ0v) is 13.0. The lowest BCUT2D eigenvalue weighted by molar-refractivity contribution is 0.533. The van der Waals surface area contributed by atoms with Gasteiger partial charge in [0, 0.05) is 17.2 Å². The molecule has 0 saturated heterocycles. The van der Waals surface area contributed by atoms with Crippen molar-refractivity contribution in [2.45, 2.75) is 19.4 Å². The number of benzene rings is 1. The van der Waals surface area contributed by atoms with Gasteiger partial charge in [-0.25, -0.2) is 8.78 Å². The van der Waals surface area contributed by atoms with Crippen molar-refractivity contribution >= 4 is 34.5 Å². The zero-order chi connectivity index (χ0) is 14.7. The van der Waals surface area contributed by atoms with Crippen LogP contribution in [0.4, 0.5) is 8.78 Å². The first-order valence-electron chi connectivity index (χ1n) is 6.16. The van der Waals surface area contributed by atoms with Crippen LogP contribution in [0.1, 0.15) is 30.5 Å². The smallest absolute Gasteiger partial charge is 0.131 e. The van der Waals surface area contributed by atoms with Crippen molar-refractivity contribution in [3.8, 4) is 0 Å². The molecule has 1 atom stereocenters. The topological polar surface area (TPSA) is 12.0 Å². The van der Waals surface area contributed by atoms with Crippen LogP contribution in [-0.2, 0) is 0 Å². The van der Waals surface area contributed by atoms with Crippen LogP contribution >= 0.6 is 34.5 Å². The van der Waals surface area contributed by atoms with Crippen LogP contribution in [0.3, 0.4) is 0 Å². The summed E-state index contributed by atoms with van der Waals surface area (Å²) in [6.45, 7) is 2.69. The van der Waals surface area contributed by atoms with E-state index >= 15 is 0 Å². The van der Waals surface area contributed by atoms with Gasteiger partial charge in [0.05, 0.1) is 14.7 Å². The standard InChI is InChI=1S/C14H13Cl2F2NS/c1-2-5-19-13(10-7-12(15)20-14(10)16)9-4-3-8(17)6-11(9)18/h3-4,6-7,13,19H,2,5H2,1H3. The Balaban J connectivity index is 2.44. The Morgan fingerprint density at radius 3 is 2.50 bits per heavy atom. The summed E-state index contributed by atoms with van der Waals surface area (Å²) in [5, 5.41) is 3.22. The lowest BCUT2D eigenvalue weighted by atomic mass is 10.0. The van der Waals surface area contributed by atoms with Crippen molar-refractivity contribution in [1.29, 1.82) is 0 Å². The first-order valence-corrected chi connectivity index (χ1v) is 7.73. The number of rotatable bonds is 5. The molecule has 108 valence electrons. The molecule has 0 aliphatic heterocycles. The molecular formula is C14H13Cl2F2NS. The minimum absolute atomic E-state index is 0.358. The molecule has 2 aromatic rings. The second-order valence-electron chi connectivity index (χ2n) is 4.33. The fourth-order valence-corrected chi connectivity index (χ4v) is 3.49. The Labute approximate surface area is 130 Å². The predicted octanol–water partition coefficient (Wildman–Crippen LogP) is 5.42. The maximum absolute atomic E-state index is 14.0. The Morgan fingerprint density at radius 2 is 1.95 bits per heavy atom. The van der Waals surface area contributed by atoms with Crippen molar-refractivity contribution < 1.29 is 8.78 Å². The van der Waals surface area contributed by atoms with Crippen molar-refractivity contribution in [1.82, 2.24) is 5.32 Å². The van der Waals surface area contributed by atoms with Gasteiger partial charge in [0.15, 0.2) is 0 Å². The molecule has 1 N–H and O–H groups in total. The molecule has 1 aromatic carbocycles. The van der Waals surface area contributed by atoms with Crippen LogP contribution in [-0.4, -0.2) is 6.54 Å². The summed E-state index contributed by atoms with van der Waals surface area (Å²) in [6, 6.07) is 4.82. The Morgan fingerprint density at radius 1 is 1.20 bits per heavy atom. The second kappa shape index (κ2) is 6.85. The summed E-state index contributed by atoms with van der Waals surface area (Å²) < 4.78 is 28.1. The molecule has 1 nitrogen and oxygen atoms in total. The van der Waals surface area contributed by atoms with Gasteiger partial charge in [-0.3, -0.25) is 0 Å². The van der Waals surface area contributed by atoms with Crippen molar-refractivity contribution in [2.24, 2.45) is 0 Å². The third-order valence-electron chi connectivity index (χ3n) is 2.87. The molecule has 1 aromatic heterocycles. The van der Waals surface area contributed by atoms with Crippen LogP contribution in [0.15, 0.2) is 24.3 Å². The highest BCUT2D eigenvalue weighted by atomic mass is 35.5. The van der Waals surface area contributed by atoms with E-state index in [0.717, 1.165) is 12.5 Å². The summed E-state index contributed by atoms with van der Waals surface area (Å²) in [4.78, 5) is 0. The molecule has 0 fully saturated rings. The van der Waals surface area contributed by atoms with Gasteiger partial charge in [0.25, 0.3) is 0 Å². The summed E-state index contributed by atoms with van der Waals surface area (Å²) >= 11 is 13.3. The monoisotopic (exact) mass is 335 g/mol. The third-order valence-corrected chi connectivity index (χ3v) is 4.38. The highest BCUT2D eigenvalue weighted by Gasteiger charge is 2.22. The number of halogens is 4. The van der Waals surface area contributed by atoms with E-state index < -0.39 is 17.7 Å². The van der Waals surface area contributed by atoms with Gasteiger partial charge in [-0.1, -0.05) is 36.2 Å². The molecule has 0 aliphatic rings. The van der Waals surface area contributed by atoms with E-state index in [4.69, 9.17) is 23.2 Å². The minimum atomic E-state index is -0.602. The van der Waals surface area contributed by atoms with E-state index in [2.05, 4.69) is 5.32 Å². The van der Waals surface area contributed by atoms with Crippen molar-refractivity contribution in [3.05, 3.63) is 55.7 Å². The van der Waals surface area contributed by atoms with E-state index in [-0.39, 0.29) is 0 Å². The quantitative estimate of drug-likeness (QED) is 0.768. The fraction of sp³-hybridized carbons (Fsp3) is 0.286. The number of hydrogen-bond acceptors (Lipinski definition) is 2. The predicted molar refractivity (Wildman–Crippen MR) is 80.8 cm³/mol. The van der Waals surface area contributed by atoms with Gasteiger partial charge in [0.1, 0.15) is 11.6 Å². The normalized spacial score (nSPS) is 12.7. The van der Waals surface area contributed by atoms with E-state index in [9.17, 15) is 8.78 Å². The largest absolute Gasteiger partial charge is 0.306 e. The number of nitrogens with one attached hydrogen (secondary N) is 1. The SMILES string of the molecule is CCCNC(c1ccc(F)cc1F)c1cc(Cl)sc1Cl. The summed E-state index contributed by atoms with van der Waals surface area (Å²) in [5.74, 6) is -1.20. The zero-order valence-electron chi connectivity index (χ0n) is 10.7. The Bertz CT molecular complexity index is 601. The van der Waals surface area contributed by atoms with Gasteiger partial charge in [-0.15, -0.1) is 11.3 Å². The molecular weight excluding hydrogens is 323 g/mol. The highest BCUT2D eigenvalue weighted by molar-refractivity contribution is 7.20. The summed E-state index contributed by atoms with van der Waals surface area (Å²) in [6.07, 6.45) is 0.884. The summed E-state index contributed by atoms with van der Waals surface area (Å²) in [7, 11) is 0. The molecule has 0 spiro atoms. The lowest BCUT2D eigenvalue weighted by Crippen LogP contribution is -2.24. The molecule has 2 rings (SSSR count). The second-order valence-corrected chi connectivity index (χ2v) is 6.62. The molecule has 0 bridgehead atoms. The minimum Gasteiger partial charge on any atom is -0.306 e. The fourth-order valence-electron chi connectivity index (χ4n) is 1.96. The molecule has 0 saturated carbocycles. The molecule has 6 heteroatoms. The van der Waals surface area contributed by atoms with Gasteiger partial charge in [-0.05, 0) is 25.1 Å². The first-order chi connectivity index (χ1) is 9.52. The van der Waals surface area contributed by atoms with Crippen LogP contribution in [0.2, 0.25) is 8.67 Å². The van der Waals surface area contributed by atoms with Crippen molar-refractivity contribution in [2.75, 3.05) is 6.54 Å². The summed E-state index contributed by atoms with van der Waals surface area (Å²) in [5.41, 5.74) is 1.07. The van der Waals surface area contributed by atoms with E-state index in [0.29, 0.717) is 26.3 Å². The van der Waals surface area contributed by atoms with Gasteiger partial charge < -0.3 is 5.32 Å². The average Bonchev–Trinajstić information content (AvgIpc) is 2.71. The number of thiophene rings is 1. The molecule has 0 aliphatic carbocycles. The average molecular weight is 336 g/mol. The van der Waals surface area contributed by atoms with Gasteiger partial charge in [0.2, 0.25) is 0 Å². The molecule has 1 heterocycles. The van der Waals surface area contributed by atoms with Crippen LogP contribution in [0.5, 0.6) is 0 Å².